The number of ketones is 1. The number of carbonyl (C=O) groups excluding carboxylic acids is 3. The monoisotopic (exact) mass is 574 g/mol. The molecule has 0 saturated heterocycles. The minimum absolute atomic E-state index is 0.0163. The molecule has 1 aromatic carbocycles. The van der Waals surface area contributed by atoms with Gasteiger partial charge in [0.1, 0.15) is 19.0 Å². The zero-order chi connectivity index (χ0) is 30.9. The van der Waals surface area contributed by atoms with E-state index in [1.807, 2.05) is 44.2 Å². The second-order valence-corrected chi connectivity index (χ2v) is 14.1. The van der Waals surface area contributed by atoms with Gasteiger partial charge in [-0.15, -0.1) is 0 Å². The topological polar surface area (TPSA) is 78.9 Å². The van der Waals surface area contributed by atoms with Gasteiger partial charge in [0, 0.05) is 19.3 Å². The van der Waals surface area contributed by atoms with Crippen LogP contribution >= 0.6 is 0 Å². The lowest BCUT2D eigenvalue weighted by Gasteiger charge is -2.30. The average molecular weight is 575 g/mol. The van der Waals surface area contributed by atoms with E-state index in [1.54, 1.807) is 0 Å². The molecular weight excluding hydrogens is 516 g/mol. The van der Waals surface area contributed by atoms with Crippen LogP contribution in [-0.2, 0) is 35.2 Å². The van der Waals surface area contributed by atoms with E-state index in [0.29, 0.717) is 25.9 Å². The van der Waals surface area contributed by atoms with E-state index < -0.39 is 5.41 Å². The first-order valence-electron chi connectivity index (χ1n) is 15.6. The predicted octanol–water partition coefficient (Wildman–Crippen LogP) is 8.49. The summed E-state index contributed by atoms with van der Waals surface area (Å²) in [5.41, 5.74) is 0.199. The van der Waals surface area contributed by atoms with Crippen LogP contribution in [0.3, 0.4) is 0 Å². The summed E-state index contributed by atoms with van der Waals surface area (Å²) in [6.07, 6.45) is 7.79. The first-order valence-corrected chi connectivity index (χ1v) is 15.6. The number of rotatable bonds is 22. The summed E-state index contributed by atoms with van der Waals surface area (Å²) in [4.78, 5) is 38.1. The number of Topliss-reactive ketones (excluding diaryl/α,β-unsaturated/α-hetero) is 1. The van der Waals surface area contributed by atoms with E-state index in [9.17, 15) is 14.4 Å². The number of carbonyl (C=O) groups is 3. The first-order chi connectivity index (χ1) is 19.2. The minimum Gasteiger partial charge on any atom is -0.465 e. The summed E-state index contributed by atoms with van der Waals surface area (Å²) in [7, 11) is 0. The molecule has 0 aliphatic carbocycles. The van der Waals surface area contributed by atoms with Crippen molar-refractivity contribution < 1.29 is 28.6 Å². The van der Waals surface area contributed by atoms with Gasteiger partial charge in [-0.25, -0.2) is 0 Å². The Morgan fingerprint density at radius 2 is 1.27 bits per heavy atom. The van der Waals surface area contributed by atoms with Crippen LogP contribution < -0.4 is 0 Å². The Hall–Kier alpha value is -2.21. The number of hydrogen-bond donors (Lipinski definition) is 0. The fourth-order valence-electron chi connectivity index (χ4n) is 4.96. The third-order valence-corrected chi connectivity index (χ3v) is 7.53. The molecule has 0 saturated carbocycles. The molecule has 0 aromatic heterocycles. The minimum atomic E-state index is -0.698. The van der Waals surface area contributed by atoms with Crippen molar-refractivity contribution in [1.29, 1.82) is 0 Å². The molecule has 2 atom stereocenters. The smallest absolute Gasteiger partial charge is 0.306 e. The fourth-order valence-corrected chi connectivity index (χ4v) is 4.96. The summed E-state index contributed by atoms with van der Waals surface area (Å²) in [5, 5.41) is 0. The lowest BCUT2D eigenvalue weighted by atomic mass is 9.81. The van der Waals surface area contributed by atoms with Gasteiger partial charge in [-0.2, -0.15) is 0 Å². The maximum atomic E-state index is 12.7. The second-order valence-electron chi connectivity index (χ2n) is 14.1. The number of unbranched alkanes of at least 4 members (excludes halogenated alkanes) is 2. The Morgan fingerprint density at radius 1 is 0.732 bits per heavy atom. The van der Waals surface area contributed by atoms with Gasteiger partial charge in [-0.1, -0.05) is 111 Å². The van der Waals surface area contributed by atoms with Crippen molar-refractivity contribution in [1.82, 2.24) is 0 Å². The molecule has 2 unspecified atom stereocenters. The van der Waals surface area contributed by atoms with E-state index in [-0.39, 0.29) is 60.7 Å². The van der Waals surface area contributed by atoms with Crippen molar-refractivity contribution in [2.24, 2.45) is 22.2 Å². The zero-order valence-corrected chi connectivity index (χ0v) is 27.3. The van der Waals surface area contributed by atoms with Gasteiger partial charge >= 0.3 is 11.9 Å². The van der Waals surface area contributed by atoms with Crippen molar-refractivity contribution in [3.05, 3.63) is 35.9 Å². The highest BCUT2D eigenvalue weighted by molar-refractivity contribution is 5.80. The molecule has 0 heterocycles. The van der Waals surface area contributed by atoms with Crippen LogP contribution in [0.4, 0.5) is 0 Å². The molecular formula is C35H58O6. The number of ether oxygens (including phenoxy) is 3. The van der Waals surface area contributed by atoms with Crippen LogP contribution in [0.15, 0.2) is 30.3 Å². The molecule has 6 heteroatoms. The number of esters is 2. The SMILES string of the molecule is CCCCC(C)(C)CC(=O)CC(C)CC(=O)OCC(C)(COCc1ccccc1)COC(=O)CC(C)(C)CCCC. The standard InChI is InChI=1S/C35H58O6/c1-9-11-18-33(4,5)22-30(36)20-28(3)21-31(37)40-26-35(8,25-39-24-29-16-14-13-15-17-29)27-41-32(38)23-34(6,7)19-12-10-2/h13-17,28H,9-12,18-27H2,1-8H3. The Balaban J connectivity index is 2.68. The van der Waals surface area contributed by atoms with Crippen LogP contribution in [0, 0.1) is 22.2 Å². The first kappa shape index (κ1) is 36.8. The highest BCUT2D eigenvalue weighted by atomic mass is 16.6. The normalized spacial score (nSPS) is 14.2. The van der Waals surface area contributed by atoms with Crippen molar-refractivity contribution in [3.8, 4) is 0 Å². The van der Waals surface area contributed by atoms with Gasteiger partial charge in [0.2, 0.25) is 0 Å². The molecule has 0 aliphatic rings. The quantitative estimate of drug-likeness (QED) is 0.129. The summed E-state index contributed by atoms with van der Waals surface area (Å²) >= 11 is 0. The zero-order valence-electron chi connectivity index (χ0n) is 27.3. The third kappa shape index (κ3) is 17.4. The maximum absolute atomic E-state index is 12.7. The van der Waals surface area contributed by atoms with Crippen molar-refractivity contribution in [2.45, 2.75) is 126 Å². The van der Waals surface area contributed by atoms with Crippen molar-refractivity contribution in [3.63, 3.8) is 0 Å². The van der Waals surface area contributed by atoms with Gasteiger partial charge in [0.25, 0.3) is 0 Å². The summed E-state index contributed by atoms with van der Waals surface area (Å²) < 4.78 is 17.4. The molecule has 41 heavy (non-hydrogen) atoms. The van der Waals surface area contributed by atoms with E-state index >= 15 is 0 Å². The predicted molar refractivity (Wildman–Crippen MR) is 165 cm³/mol. The van der Waals surface area contributed by atoms with Crippen LogP contribution in [0.1, 0.15) is 125 Å². The van der Waals surface area contributed by atoms with Gasteiger partial charge in [-0.05, 0) is 35.2 Å². The van der Waals surface area contributed by atoms with Gasteiger partial charge in [0.15, 0.2) is 0 Å². The Bertz CT molecular complexity index is 906. The van der Waals surface area contributed by atoms with E-state index in [1.165, 1.54) is 0 Å². The summed E-state index contributed by atoms with van der Waals surface area (Å²) in [6, 6.07) is 9.85. The molecule has 0 bridgehead atoms. The van der Waals surface area contributed by atoms with Crippen LogP contribution in [-0.4, -0.2) is 37.5 Å². The second kappa shape index (κ2) is 18.4. The third-order valence-electron chi connectivity index (χ3n) is 7.53. The highest BCUT2D eigenvalue weighted by Gasteiger charge is 2.31. The molecule has 0 radical (unpaired) electrons. The Kier molecular flexibility index (Phi) is 16.5. The van der Waals surface area contributed by atoms with Crippen LogP contribution in [0.5, 0.6) is 0 Å². The lowest BCUT2D eigenvalue weighted by molar-refractivity contribution is -0.158. The number of benzene rings is 1. The lowest BCUT2D eigenvalue weighted by Crippen LogP contribution is -2.36. The van der Waals surface area contributed by atoms with E-state index in [2.05, 4.69) is 41.5 Å². The molecule has 0 aliphatic heterocycles. The molecule has 0 fully saturated rings. The van der Waals surface area contributed by atoms with Crippen LogP contribution in [0.25, 0.3) is 0 Å². The summed E-state index contributed by atoms with van der Waals surface area (Å²) in [5.74, 6) is -0.502. The van der Waals surface area contributed by atoms with Gasteiger partial charge < -0.3 is 14.2 Å². The Morgan fingerprint density at radius 3 is 1.83 bits per heavy atom. The van der Waals surface area contributed by atoms with Crippen molar-refractivity contribution >= 4 is 17.7 Å². The summed E-state index contributed by atoms with van der Waals surface area (Å²) in [6.45, 7) is 17.4. The van der Waals surface area contributed by atoms with Crippen molar-refractivity contribution in [2.75, 3.05) is 19.8 Å². The molecule has 1 rings (SSSR count). The van der Waals surface area contributed by atoms with E-state index in [0.717, 1.165) is 44.1 Å². The molecule has 6 nitrogen and oxygen atoms in total. The molecule has 0 amide bonds. The molecule has 1 aromatic rings. The number of hydrogen-bond acceptors (Lipinski definition) is 6. The molecule has 0 spiro atoms. The highest BCUT2D eigenvalue weighted by Crippen LogP contribution is 2.30. The van der Waals surface area contributed by atoms with E-state index in [4.69, 9.17) is 14.2 Å². The van der Waals surface area contributed by atoms with Crippen LogP contribution in [0.2, 0.25) is 0 Å². The Labute approximate surface area is 250 Å². The van der Waals surface area contributed by atoms with Gasteiger partial charge in [0.05, 0.1) is 25.0 Å². The molecule has 234 valence electrons. The fraction of sp³-hybridized carbons (Fsp3) is 0.743. The maximum Gasteiger partial charge on any atom is 0.306 e. The molecule has 0 N–H and O–H groups in total. The van der Waals surface area contributed by atoms with Gasteiger partial charge in [-0.3, -0.25) is 14.4 Å². The largest absolute Gasteiger partial charge is 0.465 e. The average Bonchev–Trinajstić information content (AvgIpc) is 2.88.